The Morgan fingerprint density at radius 3 is 2.58 bits per heavy atom. The van der Waals surface area contributed by atoms with Crippen molar-refractivity contribution >= 4 is 22.1 Å². The molecule has 8 heteroatoms. The second-order valence-electron chi connectivity index (χ2n) is 4.17. The summed E-state index contributed by atoms with van der Waals surface area (Å²) in [6.45, 7) is 2.15. The van der Waals surface area contributed by atoms with E-state index in [1.807, 2.05) is 4.90 Å². The number of rotatable bonds is 4. The lowest BCUT2D eigenvalue weighted by Gasteiger charge is -2.28. The molecule has 1 aromatic rings. The Balaban J connectivity index is 2.37. The molecule has 19 heavy (non-hydrogen) atoms. The summed E-state index contributed by atoms with van der Waals surface area (Å²) < 4.78 is 26.7. The van der Waals surface area contributed by atoms with Crippen molar-refractivity contribution in [1.82, 2.24) is 0 Å². The van der Waals surface area contributed by atoms with Gasteiger partial charge >= 0.3 is 0 Å². The third-order valence-corrected chi connectivity index (χ3v) is 3.52. The maximum Gasteiger partial charge on any atom is 0.292 e. The number of nitro groups is 1. The first-order chi connectivity index (χ1) is 9.08. The van der Waals surface area contributed by atoms with Crippen molar-refractivity contribution < 1.29 is 18.1 Å². The first kappa shape index (κ1) is 13.8. The summed E-state index contributed by atoms with van der Waals surface area (Å²) in [6.07, 6.45) is 0. The van der Waals surface area contributed by atoms with Gasteiger partial charge in [-0.05, 0) is 11.6 Å². The molecule has 1 aliphatic rings. The minimum Gasteiger partial charge on any atom is -0.378 e. The fourth-order valence-electron chi connectivity index (χ4n) is 2.03. The molecule has 0 N–H and O–H groups in total. The van der Waals surface area contributed by atoms with Crippen molar-refractivity contribution in [2.24, 2.45) is 0 Å². The van der Waals surface area contributed by atoms with Gasteiger partial charge in [0.1, 0.15) is 16.4 Å². The molecule has 0 radical (unpaired) electrons. The molecule has 1 saturated heterocycles. The highest BCUT2D eigenvalue weighted by atomic mass is 32.2. The van der Waals surface area contributed by atoms with Gasteiger partial charge in [0.15, 0.2) is 0 Å². The van der Waals surface area contributed by atoms with E-state index in [-0.39, 0.29) is 11.4 Å². The molecule has 0 atom stereocenters. The van der Waals surface area contributed by atoms with Crippen LogP contribution in [0.4, 0.5) is 11.4 Å². The minimum atomic E-state index is -2.54. The first-order valence-corrected chi connectivity index (χ1v) is 7.16. The number of nitro benzene ring substituents is 1. The predicted octanol–water partition coefficient (Wildman–Crippen LogP) is 0.543. The van der Waals surface area contributed by atoms with E-state index in [2.05, 4.69) is 0 Å². The zero-order valence-corrected chi connectivity index (χ0v) is 11.0. The molecule has 0 aliphatic carbocycles. The summed E-state index contributed by atoms with van der Waals surface area (Å²) in [6, 6.07) is 4.42. The molecule has 2 rings (SSSR count). The van der Waals surface area contributed by atoms with Gasteiger partial charge in [-0.2, -0.15) is 0 Å². The van der Waals surface area contributed by atoms with Crippen LogP contribution in [0.15, 0.2) is 18.2 Å². The van der Waals surface area contributed by atoms with E-state index in [9.17, 15) is 18.5 Å². The van der Waals surface area contributed by atoms with Crippen molar-refractivity contribution in [2.45, 2.75) is 5.75 Å². The van der Waals surface area contributed by atoms with E-state index in [0.29, 0.717) is 37.6 Å². The van der Waals surface area contributed by atoms with Crippen molar-refractivity contribution in [1.29, 1.82) is 0 Å². The topological polar surface area (TPSA) is 89.8 Å². The molecular weight excluding hydrogens is 272 g/mol. The van der Waals surface area contributed by atoms with Crippen LogP contribution in [-0.4, -0.2) is 39.6 Å². The Morgan fingerprint density at radius 2 is 2.00 bits per heavy atom. The lowest BCUT2D eigenvalue weighted by molar-refractivity contribution is -0.384. The van der Waals surface area contributed by atoms with Crippen LogP contribution in [0.25, 0.3) is 0 Å². The lowest BCUT2D eigenvalue weighted by Crippen LogP contribution is -2.36. The summed E-state index contributed by atoms with van der Waals surface area (Å²) >= 11 is 0. The molecule has 0 unspecified atom stereocenters. The number of hydrogen-bond donors (Lipinski definition) is 1. The quantitative estimate of drug-likeness (QED) is 0.493. The van der Waals surface area contributed by atoms with Gasteiger partial charge < -0.3 is 9.64 Å². The molecule has 7 nitrogen and oxygen atoms in total. The lowest BCUT2D eigenvalue weighted by atomic mass is 10.1. The van der Waals surface area contributed by atoms with Crippen LogP contribution < -0.4 is 4.90 Å². The molecule has 0 bridgehead atoms. The first-order valence-electron chi connectivity index (χ1n) is 5.80. The van der Waals surface area contributed by atoms with Crippen molar-refractivity contribution in [2.75, 3.05) is 31.2 Å². The highest BCUT2D eigenvalue weighted by molar-refractivity contribution is 7.71. The van der Waals surface area contributed by atoms with Gasteiger partial charge in [-0.15, -0.1) is 0 Å². The van der Waals surface area contributed by atoms with Crippen LogP contribution in [0.5, 0.6) is 0 Å². The van der Waals surface area contributed by atoms with Crippen LogP contribution >= 0.6 is 0 Å². The van der Waals surface area contributed by atoms with Crippen molar-refractivity contribution in [3.05, 3.63) is 33.9 Å². The average Bonchev–Trinajstić information content (AvgIpc) is 2.38. The van der Waals surface area contributed by atoms with Crippen LogP contribution in [-0.2, 0) is 21.2 Å². The predicted molar refractivity (Wildman–Crippen MR) is 70.1 cm³/mol. The van der Waals surface area contributed by atoms with Gasteiger partial charge in [0, 0.05) is 19.2 Å². The van der Waals surface area contributed by atoms with E-state index in [1.54, 1.807) is 6.07 Å². The molecular formula is C11H14N2O5S. The maximum atomic E-state index is 11.0. The number of hydrogen-bond acceptors (Lipinski definition) is 6. The largest absolute Gasteiger partial charge is 0.378 e. The van der Waals surface area contributed by atoms with Crippen LogP contribution in [0, 0.1) is 10.1 Å². The van der Waals surface area contributed by atoms with Gasteiger partial charge in [-0.3, -0.25) is 10.1 Å². The third-order valence-electron chi connectivity index (χ3n) is 2.90. The minimum absolute atomic E-state index is 0.00762. The number of thiol groups is 1. The van der Waals surface area contributed by atoms with E-state index >= 15 is 0 Å². The van der Waals surface area contributed by atoms with E-state index in [4.69, 9.17) is 4.74 Å². The third kappa shape index (κ3) is 3.42. The van der Waals surface area contributed by atoms with Gasteiger partial charge in [0.2, 0.25) is 0 Å². The Kier molecular flexibility index (Phi) is 4.33. The highest BCUT2D eigenvalue weighted by Gasteiger charge is 2.21. The van der Waals surface area contributed by atoms with Gasteiger partial charge in [0.25, 0.3) is 5.69 Å². The summed E-state index contributed by atoms with van der Waals surface area (Å²) in [5.41, 5.74) is 1.01. The summed E-state index contributed by atoms with van der Waals surface area (Å²) in [5, 5.41) is 11.0. The Labute approximate surface area is 111 Å². The summed E-state index contributed by atoms with van der Waals surface area (Å²) in [7, 11) is -2.54. The fraction of sp³-hybridized carbons (Fsp3) is 0.455. The Bertz CT molecular complexity index is 544. The molecule has 0 saturated carbocycles. The Hall–Kier alpha value is -1.67. The van der Waals surface area contributed by atoms with E-state index in [1.165, 1.54) is 12.1 Å². The molecule has 1 heterocycles. The van der Waals surface area contributed by atoms with Crippen LogP contribution in [0.2, 0.25) is 0 Å². The van der Waals surface area contributed by atoms with Gasteiger partial charge in [-0.1, -0.05) is 6.07 Å². The van der Waals surface area contributed by atoms with Crippen LogP contribution in [0.1, 0.15) is 5.56 Å². The highest BCUT2D eigenvalue weighted by Crippen LogP contribution is 2.30. The van der Waals surface area contributed by atoms with E-state index in [0.717, 1.165) is 0 Å². The number of anilines is 1. The van der Waals surface area contributed by atoms with E-state index < -0.39 is 15.6 Å². The smallest absolute Gasteiger partial charge is 0.292 e. The standard InChI is InChI=1S/C11H14N2O5S/c14-13(15)10-2-1-9(8-19(16)17)7-11(10)12-3-5-18-6-4-12/h1-2,7,19H,3-6,8H2. The molecule has 0 amide bonds. The van der Waals surface area contributed by atoms with Crippen LogP contribution in [0.3, 0.4) is 0 Å². The second-order valence-corrected chi connectivity index (χ2v) is 5.15. The number of ether oxygens (including phenoxy) is 1. The maximum absolute atomic E-state index is 11.0. The SMILES string of the molecule is O=[N+]([O-])c1ccc(C[SH](=O)=O)cc1N1CCOCC1. The average molecular weight is 286 g/mol. The number of morpholine rings is 1. The zero-order chi connectivity index (χ0) is 13.8. The normalized spacial score (nSPS) is 15.7. The van der Waals surface area contributed by atoms with Gasteiger partial charge in [-0.25, -0.2) is 8.42 Å². The molecule has 104 valence electrons. The summed E-state index contributed by atoms with van der Waals surface area (Å²) in [5.74, 6) is -0.106. The second kappa shape index (κ2) is 5.98. The number of benzene rings is 1. The van der Waals surface area contributed by atoms with Crippen molar-refractivity contribution in [3.8, 4) is 0 Å². The monoisotopic (exact) mass is 286 g/mol. The molecule has 1 aromatic carbocycles. The molecule has 1 fully saturated rings. The Morgan fingerprint density at radius 1 is 1.32 bits per heavy atom. The van der Waals surface area contributed by atoms with Gasteiger partial charge in [0.05, 0.1) is 23.9 Å². The zero-order valence-electron chi connectivity index (χ0n) is 10.2. The molecule has 0 aromatic heterocycles. The fourth-order valence-corrected chi connectivity index (χ4v) is 2.52. The molecule has 1 aliphatic heterocycles. The molecule has 0 spiro atoms. The summed E-state index contributed by atoms with van der Waals surface area (Å²) in [4.78, 5) is 12.4. The number of nitrogens with zero attached hydrogens (tertiary/aromatic N) is 2. The van der Waals surface area contributed by atoms with Crippen molar-refractivity contribution in [3.63, 3.8) is 0 Å².